The minimum Gasteiger partial charge on any atom is -0.473 e. The fraction of sp³-hybridized carbons (Fsp3) is 0.391. The molecule has 2 aromatic carbocycles. The molecule has 3 aromatic rings. The Hall–Kier alpha value is -2.42. The third kappa shape index (κ3) is 3.18. The molecule has 3 nitrogen and oxygen atoms in total. The summed E-state index contributed by atoms with van der Waals surface area (Å²) in [5, 5.41) is 11.3. The van der Waals surface area contributed by atoms with Gasteiger partial charge in [0.05, 0.1) is 0 Å². The van der Waals surface area contributed by atoms with Gasteiger partial charge in [-0.05, 0) is 63.6 Å². The lowest BCUT2D eigenvalue weighted by molar-refractivity contribution is 0.149. The van der Waals surface area contributed by atoms with Crippen molar-refractivity contribution in [2.45, 2.75) is 59.0 Å². The van der Waals surface area contributed by atoms with Gasteiger partial charge < -0.3 is 4.74 Å². The van der Waals surface area contributed by atoms with Crippen molar-refractivity contribution in [3.63, 3.8) is 0 Å². The number of hydrogen-bond acceptors (Lipinski definition) is 3. The van der Waals surface area contributed by atoms with Crippen LogP contribution in [0.1, 0.15) is 48.8 Å². The van der Waals surface area contributed by atoms with Crippen LogP contribution in [0.5, 0.6) is 5.88 Å². The molecule has 0 saturated heterocycles. The summed E-state index contributed by atoms with van der Waals surface area (Å²) >= 11 is 0. The van der Waals surface area contributed by atoms with E-state index >= 15 is 0 Å². The molecule has 1 aromatic heterocycles. The standard InChI is InChI=1S/C23H26N2O/c1-15-13-16(2)21(17(3)14-15)22-19-11-7-8-12-20(19)23(25-24-22)26-18-9-5-4-6-10-18/h7-8,11-14,18H,4-6,9-10H2,1-3H3. The Morgan fingerprint density at radius 1 is 0.846 bits per heavy atom. The van der Waals surface area contributed by atoms with Crippen LogP contribution in [0, 0.1) is 20.8 Å². The van der Waals surface area contributed by atoms with Gasteiger partial charge in [-0.2, -0.15) is 0 Å². The highest BCUT2D eigenvalue weighted by Gasteiger charge is 2.19. The van der Waals surface area contributed by atoms with E-state index in [9.17, 15) is 0 Å². The van der Waals surface area contributed by atoms with Crippen molar-refractivity contribution >= 4 is 10.8 Å². The molecule has 0 aliphatic heterocycles. The van der Waals surface area contributed by atoms with Gasteiger partial charge in [-0.3, -0.25) is 0 Å². The number of aromatic nitrogens is 2. The van der Waals surface area contributed by atoms with E-state index in [0.717, 1.165) is 29.3 Å². The molecule has 0 spiro atoms. The maximum absolute atomic E-state index is 6.27. The van der Waals surface area contributed by atoms with Crippen molar-refractivity contribution in [3.8, 4) is 17.1 Å². The van der Waals surface area contributed by atoms with Crippen LogP contribution in [0.15, 0.2) is 36.4 Å². The topological polar surface area (TPSA) is 35.0 Å². The summed E-state index contributed by atoms with van der Waals surface area (Å²) in [5.74, 6) is 0.679. The molecule has 0 N–H and O–H groups in total. The third-order valence-electron chi connectivity index (χ3n) is 5.40. The van der Waals surface area contributed by atoms with E-state index in [1.165, 1.54) is 41.5 Å². The lowest BCUT2D eigenvalue weighted by atomic mass is 9.94. The number of ether oxygens (including phenoxy) is 1. The highest BCUT2D eigenvalue weighted by atomic mass is 16.5. The van der Waals surface area contributed by atoms with Crippen LogP contribution >= 0.6 is 0 Å². The highest BCUT2D eigenvalue weighted by molar-refractivity contribution is 5.98. The van der Waals surface area contributed by atoms with Crippen LogP contribution in [0.4, 0.5) is 0 Å². The SMILES string of the molecule is Cc1cc(C)c(-c2nnc(OC3CCCCC3)c3ccccc23)c(C)c1. The quantitative estimate of drug-likeness (QED) is 0.589. The Bertz CT molecular complexity index is 919. The van der Waals surface area contributed by atoms with Gasteiger partial charge in [0.15, 0.2) is 0 Å². The second-order valence-electron chi connectivity index (χ2n) is 7.55. The second-order valence-corrected chi connectivity index (χ2v) is 7.55. The van der Waals surface area contributed by atoms with Gasteiger partial charge in [0.2, 0.25) is 5.88 Å². The zero-order valence-corrected chi connectivity index (χ0v) is 15.9. The van der Waals surface area contributed by atoms with Gasteiger partial charge in [0.1, 0.15) is 11.8 Å². The molecule has 134 valence electrons. The van der Waals surface area contributed by atoms with E-state index in [-0.39, 0.29) is 6.10 Å². The van der Waals surface area contributed by atoms with Gasteiger partial charge in [-0.15, -0.1) is 10.2 Å². The van der Waals surface area contributed by atoms with Gasteiger partial charge in [-0.1, -0.05) is 42.3 Å². The summed E-state index contributed by atoms with van der Waals surface area (Å²) in [6, 6.07) is 12.8. The first-order valence-electron chi connectivity index (χ1n) is 9.64. The molecule has 1 aliphatic carbocycles. The summed E-state index contributed by atoms with van der Waals surface area (Å²) < 4.78 is 6.27. The first kappa shape index (κ1) is 17.0. The van der Waals surface area contributed by atoms with Crippen molar-refractivity contribution in [2.75, 3.05) is 0 Å². The Morgan fingerprint density at radius 3 is 2.19 bits per heavy atom. The zero-order chi connectivity index (χ0) is 18.1. The van der Waals surface area contributed by atoms with E-state index in [0.29, 0.717) is 5.88 Å². The number of benzene rings is 2. The lowest BCUT2D eigenvalue weighted by Crippen LogP contribution is -2.20. The summed E-state index contributed by atoms with van der Waals surface area (Å²) in [4.78, 5) is 0. The highest BCUT2D eigenvalue weighted by Crippen LogP contribution is 2.35. The maximum atomic E-state index is 6.27. The molecule has 0 atom stereocenters. The largest absolute Gasteiger partial charge is 0.473 e. The van der Waals surface area contributed by atoms with Crippen molar-refractivity contribution in [2.24, 2.45) is 0 Å². The van der Waals surface area contributed by atoms with E-state index in [4.69, 9.17) is 4.74 Å². The van der Waals surface area contributed by atoms with Crippen LogP contribution in [0.3, 0.4) is 0 Å². The smallest absolute Gasteiger partial charge is 0.241 e. The predicted molar refractivity (Wildman–Crippen MR) is 107 cm³/mol. The normalized spacial score (nSPS) is 15.3. The zero-order valence-electron chi connectivity index (χ0n) is 15.9. The van der Waals surface area contributed by atoms with Gasteiger partial charge in [0, 0.05) is 16.3 Å². The summed E-state index contributed by atoms with van der Waals surface area (Å²) in [5.41, 5.74) is 5.89. The number of fused-ring (bicyclic) bond motifs is 1. The Balaban J connectivity index is 1.82. The molecule has 1 saturated carbocycles. The van der Waals surface area contributed by atoms with E-state index in [1.807, 2.05) is 0 Å². The second kappa shape index (κ2) is 7.06. The molecule has 0 bridgehead atoms. The fourth-order valence-corrected chi connectivity index (χ4v) is 4.25. The van der Waals surface area contributed by atoms with E-state index in [2.05, 4.69) is 67.4 Å². The average Bonchev–Trinajstić information content (AvgIpc) is 2.63. The van der Waals surface area contributed by atoms with Crippen LogP contribution in [-0.2, 0) is 0 Å². The molecule has 4 rings (SSSR count). The van der Waals surface area contributed by atoms with Gasteiger partial charge in [0.25, 0.3) is 0 Å². The van der Waals surface area contributed by atoms with Crippen molar-refractivity contribution in [1.82, 2.24) is 10.2 Å². The molecule has 1 heterocycles. The molecule has 3 heteroatoms. The average molecular weight is 346 g/mol. The summed E-state index contributed by atoms with van der Waals surface area (Å²) in [6.45, 7) is 6.44. The molecular weight excluding hydrogens is 320 g/mol. The minimum absolute atomic E-state index is 0.273. The van der Waals surface area contributed by atoms with Gasteiger partial charge >= 0.3 is 0 Å². The molecular formula is C23H26N2O. The number of hydrogen-bond donors (Lipinski definition) is 0. The maximum Gasteiger partial charge on any atom is 0.241 e. The number of aryl methyl sites for hydroxylation is 3. The Labute approximate surface area is 155 Å². The Kier molecular flexibility index (Phi) is 4.62. The number of rotatable bonds is 3. The number of nitrogens with zero attached hydrogens (tertiary/aromatic N) is 2. The Morgan fingerprint density at radius 2 is 1.50 bits per heavy atom. The van der Waals surface area contributed by atoms with E-state index < -0.39 is 0 Å². The molecule has 0 radical (unpaired) electrons. The van der Waals surface area contributed by atoms with Gasteiger partial charge in [-0.25, -0.2) is 0 Å². The lowest BCUT2D eigenvalue weighted by Gasteiger charge is -2.23. The molecule has 1 fully saturated rings. The molecule has 0 unspecified atom stereocenters. The van der Waals surface area contributed by atoms with Crippen molar-refractivity contribution < 1.29 is 4.74 Å². The summed E-state index contributed by atoms with van der Waals surface area (Å²) in [7, 11) is 0. The van der Waals surface area contributed by atoms with Crippen LogP contribution < -0.4 is 4.74 Å². The van der Waals surface area contributed by atoms with Crippen LogP contribution in [-0.4, -0.2) is 16.3 Å². The monoisotopic (exact) mass is 346 g/mol. The first-order chi connectivity index (χ1) is 12.6. The minimum atomic E-state index is 0.273. The van der Waals surface area contributed by atoms with Crippen molar-refractivity contribution in [1.29, 1.82) is 0 Å². The molecule has 1 aliphatic rings. The van der Waals surface area contributed by atoms with Crippen LogP contribution in [0.25, 0.3) is 22.0 Å². The van der Waals surface area contributed by atoms with Crippen LogP contribution in [0.2, 0.25) is 0 Å². The fourth-order valence-electron chi connectivity index (χ4n) is 4.25. The molecule has 26 heavy (non-hydrogen) atoms. The first-order valence-corrected chi connectivity index (χ1v) is 9.64. The summed E-state index contributed by atoms with van der Waals surface area (Å²) in [6.07, 6.45) is 6.32. The van der Waals surface area contributed by atoms with Crippen molar-refractivity contribution in [3.05, 3.63) is 53.1 Å². The third-order valence-corrected chi connectivity index (χ3v) is 5.40. The molecule has 0 amide bonds. The van der Waals surface area contributed by atoms with E-state index in [1.54, 1.807) is 0 Å². The predicted octanol–water partition coefficient (Wildman–Crippen LogP) is 5.93.